The highest BCUT2D eigenvalue weighted by atomic mass is 35.5. The molecule has 4 aliphatic rings. The fourth-order valence-corrected chi connectivity index (χ4v) is 8.87. The van der Waals surface area contributed by atoms with Gasteiger partial charge in [-0.3, -0.25) is 24.6 Å². The second kappa shape index (κ2) is 11.9. The average molecular weight is 715 g/mol. The summed E-state index contributed by atoms with van der Waals surface area (Å²) < 4.78 is 20.0. The third kappa shape index (κ3) is 4.69. The van der Waals surface area contributed by atoms with Crippen LogP contribution in [-0.2, 0) is 31.2 Å². The van der Waals surface area contributed by atoms with E-state index in [1.165, 1.54) is 29.2 Å². The van der Waals surface area contributed by atoms with Crippen molar-refractivity contribution < 1.29 is 33.1 Å². The highest BCUT2D eigenvalue weighted by molar-refractivity contribution is 6.32. The van der Waals surface area contributed by atoms with Gasteiger partial charge in [0.15, 0.2) is 0 Å². The van der Waals surface area contributed by atoms with Crippen LogP contribution < -0.4 is 10.3 Å². The molecule has 1 aromatic heterocycles. The maximum atomic E-state index is 15.1. The van der Waals surface area contributed by atoms with E-state index < -0.39 is 65.2 Å². The number of fused-ring (bicyclic) bond motifs is 4. The Balaban J connectivity index is 1.30. The number of carbonyl (C=O) groups excluding carboxylic acids is 4. The molecular weight excluding hydrogens is 684 g/mol. The molecule has 0 radical (unpaired) electrons. The maximum Gasteiger partial charge on any atom is 0.260 e. The van der Waals surface area contributed by atoms with Crippen LogP contribution in [0.15, 0.2) is 94.9 Å². The number of allylic oxidation sites excluding steroid dienone is 2. The van der Waals surface area contributed by atoms with E-state index in [0.29, 0.717) is 38.3 Å². The molecule has 0 bridgehead atoms. The van der Waals surface area contributed by atoms with Gasteiger partial charge in [-0.1, -0.05) is 53.1 Å². The van der Waals surface area contributed by atoms with Crippen LogP contribution in [0.4, 0.5) is 15.8 Å². The van der Waals surface area contributed by atoms with E-state index >= 15 is 4.79 Å². The van der Waals surface area contributed by atoms with E-state index in [1.807, 2.05) is 13.0 Å². The van der Waals surface area contributed by atoms with Gasteiger partial charge in [0, 0.05) is 10.0 Å². The lowest BCUT2D eigenvalue weighted by atomic mass is 9.50. The second-order valence-electron chi connectivity index (χ2n) is 13.3. The van der Waals surface area contributed by atoms with Gasteiger partial charge in [0.05, 0.1) is 35.0 Å². The Morgan fingerprint density at radius 1 is 0.920 bits per heavy atom. The van der Waals surface area contributed by atoms with Crippen LogP contribution in [0.2, 0.25) is 10.0 Å². The highest BCUT2D eigenvalue weighted by Gasteiger charge is 2.71. The number of hydrogen-bond donors (Lipinski definition) is 2. The second-order valence-corrected chi connectivity index (χ2v) is 14.1. The lowest BCUT2D eigenvalue weighted by Gasteiger charge is -2.49. The molecule has 12 heteroatoms. The standard InChI is InChI=1S/C38H30Cl2FN3O6/c1-19-2-11-24(16-30(19)40)43-34(46)27-14-13-26-28(32(27)36(43)48)17-29-35(47)44(42-23-9-7-22(41)8-10-23)37(49)38(29,20-3-5-21(39)6-4-20)33(26)31-15-12-25(18-45)50-31/h2-13,15-16,27-29,32-33,42,45H,14,17-18H2,1H3/t27-,28+,29-,32-,33+,38+/m0/s1. The first-order chi connectivity index (χ1) is 24.0. The normalized spacial score (nSPS) is 27.3. The fraction of sp³-hybridized carbons (Fsp3) is 0.263. The van der Waals surface area contributed by atoms with Gasteiger partial charge >= 0.3 is 0 Å². The number of aliphatic hydroxyl groups excluding tert-OH is 1. The molecule has 0 spiro atoms. The van der Waals surface area contributed by atoms with Gasteiger partial charge in [0.2, 0.25) is 11.8 Å². The third-order valence-corrected chi connectivity index (χ3v) is 11.5. The number of hydrogen-bond acceptors (Lipinski definition) is 7. The smallest absolute Gasteiger partial charge is 0.260 e. The van der Waals surface area contributed by atoms with Gasteiger partial charge in [-0.05, 0) is 97.5 Å². The van der Waals surface area contributed by atoms with Crippen molar-refractivity contribution in [2.24, 2.45) is 23.7 Å². The topological polar surface area (TPSA) is 120 Å². The first kappa shape index (κ1) is 32.4. The van der Waals surface area contributed by atoms with Gasteiger partial charge in [-0.15, -0.1) is 0 Å². The zero-order valence-electron chi connectivity index (χ0n) is 26.6. The first-order valence-corrected chi connectivity index (χ1v) is 17.0. The molecule has 254 valence electrons. The Hall–Kier alpha value is -4.77. The van der Waals surface area contributed by atoms with Gasteiger partial charge in [0.25, 0.3) is 11.8 Å². The molecule has 2 saturated heterocycles. The Morgan fingerprint density at radius 2 is 1.66 bits per heavy atom. The van der Waals surface area contributed by atoms with Gasteiger partial charge in [0.1, 0.15) is 29.4 Å². The van der Waals surface area contributed by atoms with E-state index in [9.17, 15) is 23.9 Å². The zero-order valence-corrected chi connectivity index (χ0v) is 28.1. The van der Waals surface area contributed by atoms with Crippen LogP contribution in [0.1, 0.15) is 41.4 Å². The number of nitrogens with zero attached hydrogens (tertiary/aromatic N) is 2. The summed E-state index contributed by atoms with van der Waals surface area (Å²) in [5.41, 5.74) is 4.02. The van der Waals surface area contributed by atoms with Crippen LogP contribution in [0.3, 0.4) is 0 Å². The van der Waals surface area contributed by atoms with E-state index in [1.54, 1.807) is 54.6 Å². The maximum absolute atomic E-state index is 15.1. The quantitative estimate of drug-likeness (QED) is 0.168. The number of imide groups is 2. The average Bonchev–Trinajstić information content (AvgIpc) is 3.75. The molecule has 3 aromatic carbocycles. The monoisotopic (exact) mass is 713 g/mol. The summed E-state index contributed by atoms with van der Waals surface area (Å²) >= 11 is 12.7. The number of aliphatic hydroxyl groups is 1. The number of anilines is 2. The molecule has 0 unspecified atom stereocenters. The summed E-state index contributed by atoms with van der Waals surface area (Å²) in [5, 5.41) is 11.8. The Morgan fingerprint density at radius 3 is 2.34 bits per heavy atom. The number of furan rings is 1. The Labute approximate surface area is 296 Å². The number of aryl methyl sites for hydroxylation is 1. The molecule has 9 nitrogen and oxygen atoms in total. The van der Waals surface area contributed by atoms with E-state index in [2.05, 4.69) is 5.43 Å². The van der Waals surface area contributed by atoms with Crippen molar-refractivity contribution in [3.8, 4) is 0 Å². The predicted octanol–water partition coefficient (Wildman–Crippen LogP) is 6.72. The lowest BCUT2D eigenvalue weighted by Crippen LogP contribution is -2.53. The minimum atomic E-state index is -1.58. The summed E-state index contributed by atoms with van der Waals surface area (Å²) in [4.78, 5) is 59.3. The van der Waals surface area contributed by atoms with E-state index in [0.717, 1.165) is 10.6 Å². The number of amides is 4. The molecule has 4 amide bonds. The summed E-state index contributed by atoms with van der Waals surface area (Å²) in [7, 11) is 0. The SMILES string of the molecule is Cc1ccc(N2C(=O)[C@H]3[C@H](CC=C4[C@H]3C[C@H]3C(=O)N(Nc5ccc(F)cc5)C(=O)[C@@]3(c3ccc(Cl)cc3)[C@H]4c3ccc(CO)o3)C2=O)cc1Cl. The van der Waals surface area contributed by atoms with Gasteiger partial charge < -0.3 is 9.52 Å². The summed E-state index contributed by atoms with van der Waals surface area (Å²) in [6, 6.07) is 20.3. The van der Waals surface area contributed by atoms with Gasteiger partial charge in [-0.2, -0.15) is 5.01 Å². The van der Waals surface area contributed by atoms with Crippen molar-refractivity contribution in [3.05, 3.63) is 129 Å². The van der Waals surface area contributed by atoms with Crippen molar-refractivity contribution in [2.75, 3.05) is 10.3 Å². The number of hydrazine groups is 1. The Kier molecular flexibility index (Phi) is 7.74. The summed E-state index contributed by atoms with van der Waals surface area (Å²) in [6.45, 7) is 1.43. The summed E-state index contributed by atoms with van der Waals surface area (Å²) in [6.07, 6.45) is 2.21. The highest BCUT2D eigenvalue weighted by Crippen LogP contribution is 2.64. The van der Waals surface area contributed by atoms with Crippen molar-refractivity contribution >= 4 is 58.2 Å². The molecule has 3 fully saturated rings. The van der Waals surface area contributed by atoms with Crippen molar-refractivity contribution in [1.29, 1.82) is 0 Å². The molecule has 1 saturated carbocycles. The molecule has 8 rings (SSSR count). The third-order valence-electron chi connectivity index (χ3n) is 10.8. The van der Waals surface area contributed by atoms with Crippen LogP contribution >= 0.6 is 23.2 Å². The molecule has 2 N–H and O–H groups in total. The fourth-order valence-electron chi connectivity index (χ4n) is 8.57. The molecule has 50 heavy (non-hydrogen) atoms. The minimum absolute atomic E-state index is 0.0768. The van der Waals surface area contributed by atoms with Crippen LogP contribution in [-0.4, -0.2) is 33.7 Å². The lowest BCUT2D eigenvalue weighted by molar-refractivity contribution is -0.138. The number of halogens is 3. The molecule has 2 aliphatic heterocycles. The number of nitrogens with one attached hydrogen (secondary N) is 1. The van der Waals surface area contributed by atoms with E-state index in [4.69, 9.17) is 27.6 Å². The Bertz CT molecular complexity index is 2120. The van der Waals surface area contributed by atoms with E-state index in [-0.39, 0.29) is 24.5 Å². The molecule has 6 atom stereocenters. The van der Waals surface area contributed by atoms with Crippen molar-refractivity contribution in [1.82, 2.24) is 5.01 Å². The first-order valence-electron chi connectivity index (χ1n) is 16.2. The number of benzene rings is 3. The van der Waals surface area contributed by atoms with Crippen molar-refractivity contribution in [2.45, 2.75) is 37.7 Å². The molecule has 2 aliphatic carbocycles. The summed E-state index contributed by atoms with van der Waals surface area (Å²) in [5.74, 6) is -5.83. The predicted molar refractivity (Wildman–Crippen MR) is 182 cm³/mol. The molecule has 3 heterocycles. The minimum Gasteiger partial charge on any atom is -0.463 e. The number of carbonyl (C=O) groups is 4. The van der Waals surface area contributed by atoms with Crippen LogP contribution in [0, 0.1) is 36.4 Å². The number of rotatable bonds is 6. The van der Waals surface area contributed by atoms with Crippen molar-refractivity contribution in [3.63, 3.8) is 0 Å². The largest absolute Gasteiger partial charge is 0.463 e. The molecular formula is C38H30Cl2FN3O6. The van der Waals surface area contributed by atoms with Gasteiger partial charge in [-0.25, -0.2) is 9.29 Å². The van der Waals surface area contributed by atoms with Crippen LogP contribution in [0.25, 0.3) is 0 Å². The molecule has 4 aromatic rings. The zero-order chi connectivity index (χ0) is 35.1. The van der Waals surface area contributed by atoms with Crippen LogP contribution in [0.5, 0.6) is 0 Å².